The lowest BCUT2D eigenvalue weighted by Gasteiger charge is -2.32. The molecule has 6 aromatic carbocycles. The van der Waals surface area contributed by atoms with E-state index in [-0.39, 0.29) is 43.0 Å². The smallest absolute Gasteiger partial charge is 0.206 e. The SMILES string of the molecule is CC1C(C)(C)c2ccc(C(=O)c3ccc4cc(S(=O)(=O)c5ccc6cc(C(=O)c7ccc8c(c7)C(C)(C)C(C)C8(C)C)ccc6c5)ccc4c3)cc2C1(C)C. The van der Waals surface area contributed by atoms with E-state index in [9.17, 15) is 18.0 Å². The Morgan fingerprint density at radius 2 is 0.691 bits per heavy atom. The highest BCUT2D eigenvalue weighted by Gasteiger charge is 2.49. The summed E-state index contributed by atoms with van der Waals surface area (Å²) in [6.07, 6.45) is 0. The van der Waals surface area contributed by atoms with Crippen molar-refractivity contribution < 1.29 is 18.0 Å². The van der Waals surface area contributed by atoms with Crippen LogP contribution in [0.25, 0.3) is 21.5 Å². The summed E-state index contributed by atoms with van der Waals surface area (Å²) < 4.78 is 27.9. The molecular weight excluding hydrogens is 697 g/mol. The van der Waals surface area contributed by atoms with Gasteiger partial charge in [-0.25, -0.2) is 8.42 Å². The average Bonchev–Trinajstić information content (AvgIpc) is 3.40. The number of ketones is 2. The highest BCUT2D eigenvalue weighted by molar-refractivity contribution is 7.91. The zero-order valence-electron chi connectivity index (χ0n) is 33.6. The van der Waals surface area contributed by atoms with Crippen LogP contribution < -0.4 is 0 Å². The van der Waals surface area contributed by atoms with E-state index in [1.807, 2.05) is 36.4 Å². The number of rotatable bonds is 6. The highest BCUT2D eigenvalue weighted by atomic mass is 32.2. The van der Waals surface area contributed by atoms with E-state index in [0.29, 0.717) is 34.1 Å². The Hall–Kier alpha value is -4.87. The second kappa shape index (κ2) is 12.1. The lowest BCUT2D eigenvalue weighted by molar-refractivity contribution is 0.103. The Labute approximate surface area is 325 Å². The molecule has 55 heavy (non-hydrogen) atoms. The topological polar surface area (TPSA) is 68.3 Å². The average molecular weight is 747 g/mol. The van der Waals surface area contributed by atoms with Crippen LogP contribution in [0, 0.1) is 11.8 Å². The number of fused-ring (bicyclic) bond motifs is 4. The maximum Gasteiger partial charge on any atom is 0.206 e. The maximum atomic E-state index is 14.0. The lowest BCUT2D eigenvalue weighted by Crippen LogP contribution is -2.30. The van der Waals surface area contributed by atoms with Gasteiger partial charge < -0.3 is 0 Å². The largest absolute Gasteiger partial charge is 0.289 e. The third kappa shape index (κ3) is 5.48. The summed E-state index contributed by atoms with van der Waals surface area (Å²) in [6.45, 7) is 22.7. The van der Waals surface area contributed by atoms with Gasteiger partial charge in [0.1, 0.15) is 0 Å². The number of carbonyl (C=O) groups is 2. The van der Waals surface area contributed by atoms with E-state index in [4.69, 9.17) is 0 Å². The summed E-state index contributed by atoms with van der Waals surface area (Å²) in [7, 11) is -3.86. The molecule has 2 atom stereocenters. The Morgan fingerprint density at radius 3 is 1.07 bits per heavy atom. The Balaban J connectivity index is 1.05. The summed E-state index contributed by atoms with van der Waals surface area (Å²) >= 11 is 0. The Morgan fingerprint density at radius 1 is 0.400 bits per heavy atom. The molecule has 0 aliphatic heterocycles. The van der Waals surface area contributed by atoms with Crippen molar-refractivity contribution in [2.45, 2.75) is 101 Å². The summed E-state index contributed by atoms with van der Waals surface area (Å²) in [5.74, 6) is 0.752. The van der Waals surface area contributed by atoms with Gasteiger partial charge in [0.05, 0.1) is 9.79 Å². The number of hydrogen-bond acceptors (Lipinski definition) is 4. The van der Waals surface area contributed by atoms with Crippen molar-refractivity contribution in [1.82, 2.24) is 0 Å². The summed E-state index contributed by atoms with van der Waals surface area (Å²) in [4.78, 5) is 27.9. The molecule has 0 spiro atoms. The predicted octanol–water partition coefficient (Wildman–Crippen LogP) is 11.7. The first-order valence-corrected chi connectivity index (χ1v) is 20.9. The molecule has 0 fully saturated rings. The quantitative estimate of drug-likeness (QED) is 0.159. The molecule has 8 rings (SSSR count). The van der Waals surface area contributed by atoms with Crippen molar-refractivity contribution in [2.75, 3.05) is 0 Å². The molecule has 280 valence electrons. The van der Waals surface area contributed by atoms with Crippen molar-refractivity contribution in [1.29, 1.82) is 0 Å². The van der Waals surface area contributed by atoms with E-state index in [2.05, 4.69) is 93.5 Å². The third-order valence-corrected chi connectivity index (χ3v) is 16.2. The van der Waals surface area contributed by atoms with Crippen LogP contribution in [0.3, 0.4) is 0 Å². The molecule has 0 bridgehead atoms. The van der Waals surface area contributed by atoms with Crippen molar-refractivity contribution >= 4 is 42.9 Å². The number of carbonyl (C=O) groups excluding carboxylic acids is 2. The molecular formula is C50H50O4S. The fraction of sp³-hybridized carbons (Fsp3) is 0.320. The first-order valence-electron chi connectivity index (χ1n) is 19.4. The molecule has 0 heterocycles. The number of benzene rings is 6. The zero-order valence-corrected chi connectivity index (χ0v) is 34.4. The van der Waals surface area contributed by atoms with Gasteiger partial charge in [-0.1, -0.05) is 130 Å². The second-order valence-electron chi connectivity index (χ2n) is 18.5. The standard InChI is InChI=1S/C50H50O4S/c1-29-47(3,4)41-21-17-37(27-43(41)49(29,7)8)45(51)35-13-11-33-25-39(19-15-31(33)23-35)55(53,54)40-20-16-32-24-36(14-12-34(32)26-40)46(52)38-18-22-42-44(28-38)50(9,10)30(2)48(42,5)6/h11-30H,1-10H3. The van der Waals surface area contributed by atoms with Gasteiger partial charge in [0.2, 0.25) is 9.84 Å². The van der Waals surface area contributed by atoms with Crippen LogP contribution in [0.4, 0.5) is 0 Å². The van der Waals surface area contributed by atoms with Crippen molar-refractivity contribution in [2.24, 2.45) is 11.8 Å². The maximum absolute atomic E-state index is 14.0. The molecule has 0 N–H and O–H groups in total. The third-order valence-electron chi connectivity index (χ3n) is 14.4. The van der Waals surface area contributed by atoms with Gasteiger partial charge in [-0.2, -0.15) is 0 Å². The molecule has 6 aromatic rings. The molecule has 0 amide bonds. The Bertz CT molecular complexity index is 2560. The summed E-state index contributed by atoms with van der Waals surface area (Å²) in [5.41, 5.74) is 7.46. The minimum Gasteiger partial charge on any atom is -0.289 e. The molecule has 5 heteroatoms. The molecule has 0 aromatic heterocycles. The fourth-order valence-electron chi connectivity index (χ4n) is 9.83. The predicted molar refractivity (Wildman–Crippen MR) is 224 cm³/mol. The van der Waals surface area contributed by atoms with Crippen molar-refractivity contribution in [3.63, 3.8) is 0 Å². The van der Waals surface area contributed by atoms with Crippen LogP contribution in [0.1, 0.15) is 123 Å². The van der Waals surface area contributed by atoms with Gasteiger partial charge in [-0.3, -0.25) is 9.59 Å². The van der Waals surface area contributed by atoms with Crippen LogP contribution in [-0.4, -0.2) is 20.0 Å². The molecule has 0 saturated carbocycles. The molecule has 2 aliphatic rings. The monoisotopic (exact) mass is 746 g/mol. The van der Waals surface area contributed by atoms with Crippen LogP contribution in [-0.2, 0) is 31.5 Å². The molecule has 2 aliphatic carbocycles. The molecule has 0 radical (unpaired) electrons. The van der Waals surface area contributed by atoms with Crippen LogP contribution in [0.15, 0.2) is 119 Å². The van der Waals surface area contributed by atoms with Gasteiger partial charge in [-0.05, 0) is 126 Å². The van der Waals surface area contributed by atoms with E-state index < -0.39 is 9.84 Å². The van der Waals surface area contributed by atoms with Gasteiger partial charge in [0, 0.05) is 22.3 Å². The Kier molecular flexibility index (Phi) is 8.13. The zero-order chi connectivity index (χ0) is 39.6. The van der Waals surface area contributed by atoms with Crippen LogP contribution >= 0.6 is 0 Å². The molecule has 0 saturated heterocycles. The van der Waals surface area contributed by atoms with Crippen LogP contribution in [0.5, 0.6) is 0 Å². The summed E-state index contributed by atoms with van der Waals surface area (Å²) in [6, 6.07) is 33.3. The van der Waals surface area contributed by atoms with Gasteiger partial charge in [-0.15, -0.1) is 0 Å². The first-order chi connectivity index (χ1) is 25.7. The number of sulfone groups is 1. The van der Waals surface area contributed by atoms with E-state index in [1.54, 1.807) is 48.5 Å². The van der Waals surface area contributed by atoms with Gasteiger partial charge >= 0.3 is 0 Å². The van der Waals surface area contributed by atoms with Crippen molar-refractivity contribution in [3.8, 4) is 0 Å². The second-order valence-corrected chi connectivity index (χ2v) is 20.4. The first kappa shape index (κ1) is 37.1. The van der Waals surface area contributed by atoms with Crippen molar-refractivity contribution in [3.05, 3.63) is 154 Å². The van der Waals surface area contributed by atoms with Gasteiger partial charge in [0.15, 0.2) is 11.6 Å². The molecule has 2 unspecified atom stereocenters. The normalized spacial score (nSPS) is 20.3. The van der Waals surface area contributed by atoms with E-state index in [1.165, 1.54) is 22.3 Å². The highest BCUT2D eigenvalue weighted by Crippen LogP contribution is 2.55. The fourth-order valence-corrected chi connectivity index (χ4v) is 11.2. The van der Waals surface area contributed by atoms with Crippen LogP contribution in [0.2, 0.25) is 0 Å². The lowest BCUT2D eigenvalue weighted by atomic mass is 9.71. The molecule has 4 nitrogen and oxygen atoms in total. The van der Waals surface area contributed by atoms with E-state index in [0.717, 1.165) is 21.5 Å². The van der Waals surface area contributed by atoms with E-state index >= 15 is 0 Å². The minimum atomic E-state index is -3.86. The minimum absolute atomic E-state index is 0.0239. The van der Waals surface area contributed by atoms with Gasteiger partial charge in [0.25, 0.3) is 0 Å². The number of hydrogen-bond donors (Lipinski definition) is 0. The summed E-state index contributed by atoms with van der Waals surface area (Å²) in [5, 5.41) is 3.06.